The van der Waals surface area contributed by atoms with Gasteiger partial charge in [-0.3, -0.25) is 9.59 Å². The lowest BCUT2D eigenvalue weighted by Gasteiger charge is -2.19. The Balaban J connectivity index is 1.99. The summed E-state index contributed by atoms with van der Waals surface area (Å²) < 4.78 is 1.37. The second kappa shape index (κ2) is 10.3. The summed E-state index contributed by atoms with van der Waals surface area (Å²) in [7, 11) is 0. The molecule has 1 heterocycles. The van der Waals surface area contributed by atoms with Gasteiger partial charge >= 0.3 is 0 Å². The molecule has 5 nitrogen and oxygen atoms in total. The normalized spacial score (nSPS) is 10.8. The van der Waals surface area contributed by atoms with Crippen LogP contribution in [0.1, 0.15) is 42.3 Å². The minimum absolute atomic E-state index is 0.106. The SMILES string of the molecule is CCc1cccc(CC)c1NC(=O)c1c(-c2ccccc2)c(-c2ccccc2)nn(CC)c1=O. The Morgan fingerprint density at radius 2 is 1.35 bits per heavy atom. The van der Waals surface area contributed by atoms with Gasteiger partial charge in [0.1, 0.15) is 5.56 Å². The van der Waals surface area contributed by atoms with Crippen molar-refractivity contribution >= 4 is 11.6 Å². The zero-order chi connectivity index (χ0) is 24.1. The number of benzene rings is 3. The number of hydrogen-bond donors (Lipinski definition) is 1. The Hall–Kier alpha value is -3.99. The lowest BCUT2D eigenvalue weighted by atomic mass is 9.94. The second-order valence-electron chi connectivity index (χ2n) is 8.06. The van der Waals surface area contributed by atoms with Gasteiger partial charge in [-0.25, -0.2) is 4.68 Å². The molecule has 0 bridgehead atoms. The summed E-state index contributed by atoms with van der Waals surface area (Å²) in [5, 5.41) is 7.78. The van der Waals surface area contributed by atoms with E-state index in [0.717, 1.165) is 40.8 Å². The first kappa shape index (κ1) is 23.2. The molecule has 0 aliphatic heterocycles. The molecular formula is C29H29N3O2. The predicted molar refractivity (Wildman–Crippen MR) is 138 cm³/mol. The monoisotopic (exact) mass is 451 g/mol. The smallest absolute Gasteiger partial charge is 0.280 e. The van der Waals surface area contributed by atoms with Crippen LogP contribution < -0.4 is 10.9 Å². The fourth-order valence-electron chi connectivity index (χ4n) is 4.26. The standard InChI is InChI=1S/C29H29N3O2/c1-4-20-18-13-19-21(5-2)26(20)30-28(33)25-24(22-14-9-7-10-15-22)27(23-16-11-8-12-17-23)31-32(6-3)29(25)34/h7-19H,4-6H2,1-3H3,(H,30,33). The van der Waals surface area contributed by atoms with E-state index in [9.17, 15) is 9.59 Å². The molecule has 0 spiro atoms. The lowest BCUT2D eigenvalue weighted by molar-refractivity contribution is 0.102. The quantitative estimate of drug-likeness (QED) is 0.376. The Kier molecular flexibility index (Phi) is 7.02. The summed E-state index contributed by atoms with van der Waals surface area (Å²) in [6.45, 7) is 6.34. The molecule has 0 fully saturated rings. The van der Waals surface area contributed by atoms with Gasteiger partial charge in [0.05, 0.1) is 5.69 Å². The third-order valence-electron chi connectivity index (χ3n) is 6.03. The average molecular weight is 452 g/mol. The van der Waals surface area contributed by atoms with E-state index in [0.29, 0.717) is 17.8 Å². The van der Waals surface area contributed by atoms with Crippen LogP contribution in [0.4, 0.5) is 5.69 Å². The summed E-state index contributed by atoms with van der Waals surface area (Å²) in [5.41, 5.74) is 5.37. The molecule has 0 saturated heterocycles. The Bertz CT molecular complexity index is 1340. The molecule has 3 aromatic carbocycles. The molecule has 34 heavy (non-hydrogen) atoms. The van der Waals surface area contributed by atoms with E-state index in [4.69, 9.17) is 0 Å². The third kappa shape index (κ3) is 4.42. The van der Waals surface area contributed by atoms with E-state index in [-0.39, 0.29) is 5.56 Å². The van der Waals surface area contributed by atoms with Crippen LogP contribution in [0.5, 0.6) is 0 Å². The number of rotatable bonds is 7. The molecule has 1 N–H and O–H groups in total. The lowest BCUT2D eigenvalue weighted by Crippen LogP contribution is -2.32. The number of para-hydroxylation sites is 1. The average Bonchev–Trinajstić information content (AvgIpc) is 2.89. The van der Waals surface area contributed by atoms with E-state index in [1.807, 2.05) is 85.8 Å². The van der Waals surface area contributed by atoms with Crippen LogP contribution in [-0.4, -0.2) is 15.7 Å². The maximum atomic E-state index is 13.9. The van der Waals surface area contributed by atoms with Crippen LogP contribution in [-0.2, 0) is 19.4 Å². The maximum absolute atomic E-state index is 13.9. The van der Waals surface area contributed by atoms with Crippen molar-refractivity contribution in [3.05, 3.63) is 106 Å². The van der Waals surface area contributed by atoms with Gasteiger partial charge in [-0.2, -0.15) is 5.10 Å². The van der Waals surface area contributed by atoms with Crippen LogP contribution in [0.3, 0.4) is 0 Å². The first-order chi connectivity index (χ1) is 16.6. The van der Waals surface area contributed by atoms with E-state index in [2.05, 4.69) is 24.3 Å². The first-order valence-corrected chi connectivity index (χ1v) is 11.8. The van der Waals surface area contributed by atoms with Crippen molar-refractivity contribution in [2.75, 3.05) is 5.32 Å². The number of aromatic nitrogens is 2. The molecule has 172 valence electrons. The highest BCUT2D eigenvalue weighted by Gasteiger charge is 2.25. The fraction of sp³-hybridized carbons (Fsp3) is 0.207. The molecule has 0 aliphatic rings. The van der Waals surface area contributed by atoms with Gasteiger partial charge in [-0.15, -0.1) is 0 Å². The van der Waals surface area contributed by atoms with Crippen LogP contribution in [0.2, 0.25) is 0 Å². The number of carbonyl (C=O) groups is 1. The molecule has 0 unspecified atom stereocenters. The van der Waals surface area contributed by atoms with Gasteiger partial charge in [0.25, 0.3) is 11.5 Å². The summed E-state index contributed by atoms with van der Waals surface area (Å²) in [6, 6.07) is 25.3. The van der Waals surface area contributed by atoms with Crippen molar-refractivity contribution < 1.29 is 4.79 Å². The minimum atomic E-state index is -0.416. The van der Waals surface area contributed by atoms with E-state index < -0.39 is 11.5 Å². The highest BCUT2D eigenvalue weighted by molar-refractivity contribution is 6.11. The van der Waals surface area contributed by atoms with E-state index in [1.165, 1.54) is 4.68 Å². The van der Waals surface area contributed by atoms with E-state index >= 15 is 0 Å². The van der Waals surface area contributed by atoms with Crippen molar-refractivity contribution in [1.29, 1.82) is 0 Å². The van der Waals surface area contributed by atoms with Gasteiger partial charge in [-0.1, -0.05) is 92.7 Å². The summed E-state index contributed by atoms with van der Waals surface area (Å²) >= 11 is 0. The van der Waals surface area contributed by atoms with Gasteiger partial charge < -0.3 is 5.32 Å². The van der Waals surface area contributed by atoms with Crippen molar-refractivity contribution in [2.45, 2.75) is 40.2 Å². The number of anilines is 1. The number of hydrogen-bond acceptors (Lipinski definition) is 3. The number of carbonyl (C=O) groups excluding carboxylic acids is 1. The van der Waals surface area contributed by atoms with Crippen LogP contribution in [0, 0.1) is 0 Å². The number of aryl methyl sites for hydroxylation is 3. The minimum Gasteiger partial charge on any atom is -0.321 e. The highest BCUT2D eigenvalue weighted by atomic mass is 16.2. The summed E-state index contributed by atoms with van der Waals surface area (Å²) in [6.07, 6.45) is 1.56. The molecule has 1 aromatic heterocycles. The molecule has 4 aromatic rings. The Labute approximate surface area is 200 Å². The first-order valence-electron chi connectivity index (χ1n) is 11.8. The molecule has 0 aliphatic carbocycles. The molecule has 0 atom stereocenters. The number of nitrogens with zero attached hydrogens (tertiary/aromatic N) is 2. The second-order valence-corrected chi connectivity index (χ2v) is 8.06. The Morgan fingerprint density at radius 3 is 1.88 bits per heavy atom. The molecule has 0 saturated carbocycles. The topological polar surface area (TPSA) is 64.0 Å². The van der Waals surface area contributed by atoms with Crippen molar-refractivity contribution in [1.82, 2.24) is 9.78 Å². The van der Waals surface area contributed by atoms with Gasteiger partial charge in [-0.05, 0) is 36.5 Å². The predicted octanol–water partition coefficient (Wildman–Crippen LogP) is 5.97. The van der Waals surface area contributed by atoms with Crippen LogP contribution in [0.15, 0.2) is 83.7 Å². The maximum Gasteiger partial charge on any atom is 0.280 e. The van der Waals surface area contributed by atoms with Crippen molar-refractivity contribution in [3.8, 4) is 22.4 Å². The molecule has 1 amide bonds. The largest absolute Gasteiger partial charge is 0.321 e. The molecule has 0 radical (unpaired) electrons. The van der Waals surface area contributed by atoms with Crippen molar-refractivity contribution in [2.24, 2.45) is 0 Å². The van der Waals surface area contributed by atoms with Gasteiger partial charge in [0, 0.05) is 23.4 Å². The molecule has 5 heteroatoms. The number of amides is 1. The van der Waals surface area contributed by atoms with Gasteiger partial charge in [0.2, 0.25) is 0 Å². The summed E-state index contributed by atoms with van der Waals surface area (Å²) in [4.78, 5) is 27.4. The highest BCUT2D eigenvalue weighted by Crippen LogP contribution is 2.33. The third-order valence-corrected chi connectivity index (χ3v) is 6.03. The van der Waals surface area contributed by atoms with E-state index in [1.54, 1.807) is 0 Å². The molecular weight excluding hydrogens is 422 g/mol. The van der Waals surface area contributed by atoms with Crippen LogP contribution in [0.25, 0.3) is 22.4 Å². The van der Waals surface area contributed by atoms with Gasteiger partial charge in [0.15, 0.2) is 0 Å². The zero-order valence-corrected chi connectivity index (χ0v) is 19.8. The zero-order valence-electron chi connectivity index (χ0n) is 19.8. The van der Waals surface area contributed by atoms with Crippen molar-refractivity contribution in [3.63, 3.8) is 0 Å². The number of nitrogens with one attached hydrogen (secondary N) is 1. The van der Waals surface area contributed by atoms with Crippen LogP contribution >= 0.6 is 0 Å². The summed E-state index contributed by atoms with van der Waals surface area (Å²) in [5.74, 6) is -0.416. The Morgan fingerprint density at radius 1 is 0.794 bits per heavy atom. The fourth-order valence-corrected chi connectivity index (χ4v) is 4.26. The molecule has 4 rings (SSSR count).